The van der Waals surface area contributed by atoms with Crippen molar-refractivity contribution in [2.45, 2.75) is 57.5 Å². The molecule has 2 rings (SSSR count). The van der Waals surface area contributed by atoms with E-state index in [4.69, 9.17) is 10.5 Å². The van der Waals surface area contributed by atoms with Crippen LogP contribution in [0.5, 0.6) is 0 Å². The van der Waals surface area contributed by atoms with Crippen LogP contribution < -0.4 is 5.73 Å². The van der Waals surface area contributed by atoms with E-state index in [1.54, 1.807) is 0 Å². The molecule has 98 valence electrons. The number of hydrogen-bond donors (Lipinski definition) is 1. The maximum absolute atomic E-state index is 6.53. The zero-order valence-corrected chi connectivity index (χ0v) is 11.2. The van der Waals surface area contributed by atoms with E-state index in [1.165, 1.54) is 31.5 Å². The maximum atomic E-state index is 6.53. The molecule has 0 aromatic carbocycles. The zero-order valence-electron chi connectivity index (χ0n) is 11.2. The minimum absolute atomic E-state index is 0.100. The van der Waals surface area contributed by atoms with Crippen molar-refractivity contribution in [2.75, 3.05) is 19.7 Å². The van der Waals surface area contributed by atoms with Gasteiger partial charge in [-0.3, -0.25) is 4.90 Å². The van der Waals surface area contributed by atoms with Crippen molar-refractivity contribution in [3.8, 4) is 0 Å². The Morgan fingerprint density at radius 2 is 2.12 bits per heavy atom. The lowest BCUT2D eigenvalue weighted by molar-refractivity contribution is 0.105. The molecule has 0 bridgehead atoms. The van der Waals surface area contributed by atoms with Crippen molar-refractivity contribution in [3.05, 3.63) is 11.8 Å². The summed E-state index contributed by atoms with van der Waals surface area (Å²) < 4.78 is 5.44. The van der Waals surface area contributed by atoms with E-state index in [0.717, 1.165) is 25.9 Å². The van der Waals surface area contributed by atoms with Crippen molar-refractivity contribution in [3.63, 3.8) is 0 Å². The third-order valence-electron chi connectivity index (χ3n) is 4.58. The topological polar surface area (TPSA) is 38.5 Å². The highest BCUT2D eigenvalue weighted by atomic mass is 16.5. The van der Waals surface area contributed by atoms with E-state index in [-0.39, 0.29) is 11.6 Å². The van der Waals surface area contributed by atoms with Gasteiger partial charge in [-0.15, -0.1) is 0 Å². The molecule has 2 aliphatic rings. The summed E-state index contributed by atoms with van der Waals surface area (Å²) in [5.74, 6) is 0. The van der Waals surface area contributed by atoms with Gasteiger partial charge in [-0.2, -0.15) is 0 Å². The van der Waals surface area contributed by atoms with Gasteiger partial charge < -0.3 is 10.5 Å². The molecule has 1 saturated heterocycles. The smallest absolute Gasteiger partial charge is 0.0876 e. The third-order valence-corrected chi connectivity index (χ3v) is 4.58. The van der Waals surface area contributed by atoms with Crippen molar-refractivity contribution >= 4 is 0 Å². The van der Waals surface area contributed by atoms with Gasteiger partial charge in [0.25, 0.3) is 0 Å². The van der Waals surface area contributed by atoms with Gasteiger partial charge in [0.05, 0.1) is 12.9 Å². The Bertz CT molecular complexity index is 284. The Morgan fingerprint density at radius 1 is 1.41 bits per heavy atom. The van der Waals surface area contributed by atoms with E-state index in [2.05, 4.69) is 18.7 Å². The summed E-state index contributed by atoms with van der Waals surface area (Å²) in [6.07, 6.45) is 7.86. The minimum Gasteiger partial charge on any atom is -0.501 e. The van der Waals surface area contributed by atoms with Crippen LogP contribution in [0.3, 0.4) is 0 Å². The molecule has 0 spiro atoms. The highest BCUT2D eigenvalue weighted by molar-refractivity contribution is 5.17. The van der Waals surface area contributed by atoms with E-state index < -0.39 is 0 Å². The summed E-state index contributed by atoms with van der Waals surface area (Å²) >= 11 is 0. The first kappa shape index (κ1) is 12.9. The lowest BCUT2D eigenvalue weighted by Gasteiger charge is -2.44. The standard InChI is InChI=1S/C14H26N2O/c1-3-14(2,16-8-4-5-9-16)13(15)12-7-6-10-17-11-12/h11,13H,3-10,15H2,1-2H3. The molecule has 2 unspecified atom stereocenters. The fraction of sp³-hybridized carbons (Fsp3) is 0.857. The van der Waals surface area contributed by atoms with Gasteiger partial charge in [0.1, 0.15) is 0 Å². The Labute approximate surface area is 105 Å². The predicted molar refractivity (Wildman–Crippen MR) is 70.7 cm³/mol. The van der Waals surface area contributed by atoms with Crippen LogP contribution in [0.15, 0.2) is 11.8 Å². The molecular weight excluding hydrogens is 212 g/mol. The first-order valence-corrected chi connectivity index (χ1v) is 6.99. The predicted octanol–water partition coefficient (Wildman–Crippen LogP) is 2.27. The molecule has 0 saturated carbocycles. The molecule has 2 N–H and O–H groups in total. The monoisotopic (exact) mass is 238 g/mol. The van der Waals surface area contributed by atoms with Crippen LogP contribution in [0.4, 0.5) is 0 Å². The van der Waals surface area contributed by atoms with Crippen LogP contribution in [0.1, 0.15) is 46.0 Å². The number of rotatable bonds is 4. The second kappa shape index (κ2) is 5.40. The number of hydrogen-bond acceptors (Lipinski definition) is 3. The fourth-order valence-corrected chi connectivity index (χ4v) is 3.08. The fourth-order valence-electron chi connectivity index (χ4n) is 3.08. The zero-order chi connectivity index (χ0) is 12.3. The second-order valence-electron chi connectivity index (χ2n) is 5.55. The number of nitrogens with zero attached hydrogens (tertiary/aromatic N) is 1. The Hall–Kier alpha value is -0.540. The Kier molecular flexibility index (Phi) is 4.10. The van der Waals surface area contributed by atoms with Crippen molar-refractivity contribution in [1.82, 2.24) is 4.90 Å². The van der Waals surface area contributed by atoms with E-state index in [0.29, 0.717) is 0 Å². The largest absolute Gasteiger partial charge is 0.501 e. The highest BCUT2D eigenvalue weighted by Crippen LogP contribution is 2.32. The van der Waals surface area contributed by atoms with Crippen LogP contribution in [0, 0.1) is 0 Å². The molecule has 3 nitrogen and oxygen atoms in total. The van der Waals surface area contributed by atoms with Gasteiger partial charge in [-0.05, 0) is 57.7 Å². The number of nitrogens with two attached hydrogens (primary N) is 1. The summed E-state index contributed by atoms with van der Waals surface area (Å²) in [7, 11) is 0. The number of ether oxygens (including phenoxy) is 1. The van der Waals surface area contributed by atoms with Gasteiger partial charge in [0.15, 0.2) is 0 Å². The summed E-state index contributed by atoms with van der Waals surface area (Å²) in [6, 6.07) is 0.117. The molecule has 0 aromatic heterocycles. The molecular formula is C14H26N2O. The van der Waals surface area contributed by atoms with Crippen LogP contribution in [-0.2, 0) is 4.74 Å². The third kappa shape index (κ3) is 2.50. The maximum Gasteiger partial charge on any atom is 0.0876 e. The molecule has 1 fully saturated rings. The quantitative estimate of drug-likeness (QED) is 0.816. The summed E-state index contributed by atoms with van der Waals surface area (Å²) in [5, 5.41) is 0. The normalized spacial score (nSPS) is 27.1. The van der Waals surface area contributed by atoms with Gasteiger partial charge in [0.2, 0.25) is 0 Å². The molecule has 0 aliphatic carbocycles. The first-order valence-electron chi connectivity index (χ1n) is 6.99. The minimum atomic E-state index is 0.100. The van der Waals surface area contributed by atoms with E-state index >= 15 is 0 Å². The van der Waals surface area contributed by atoms with Gasteiger partial charge >= 0.3 is 0 Å². The summed E-state index contributed by atoms with van der Waals surface area (Å²) in [4.78, 5) is 2.58. The van der Waals surface area contributed by atoms with Gasteiger partial charge in [-0.1, -0.05) is 6.92 Å². The lowest BCUT2D eigenvalue weighted by atomic mass is 9.82. The summed E-state index contributed by atoms with van der Waals surface area (Å²) in [6.45, 7) is 7.82. The SMILES string of the molecule is CCC(C)(C(N)C1=COCCC1)N1CCCC1. The number of likely N-dealkylation sites (tertiary alicyclic amines) is 1. The van der Waals surface area contributed by atoms with Crippen molar-refractivity contribution < 1.29 is 4.74 Å². The van der Waals surface area contributed by atoms with Crippen LogP contribution in [0.2, 0.25) is 0 Å². The van der Waals surface area contributed by atoms with Crippen LogP contribution >= 0.6 is 0 Å². The Balaban J connectivity index is 2.12. The van der Waals surface area contributed by atoms with Gasteiger partial charge in [-0.25, -0.2) is 0 Å². The first-order chi connectivity index (χ1) is 8.18. The van der Waals surface area contributed by atoms with Crippen LogP contribution in [0.25, 0.3) is 0 Å². The van der Waals surface area contributed by atoms with Crippen LogP contribution in [-0.4, -0.2) is 36.2 Å². The van der Waals surface area contributed by atoms with Gasteiger partial charge in [0, 0.05) is 11.6 Å². The second-order valence-corrected chi connectivity index (χ2v) is 5.55. The molecule has 0 radical (unpaired) electrons. The lowest BCUT2D eigenvalue weighted by Crippen LogP contribution is -2.57. The Morgan fingerprint density at radius 3 is 2.65 bits per heavy atom. The highest BCUT2D eigenvalue weighted by Gasteiger charge is 2.39. The molecule has 2 heterocycles. The molecule has 0 amide bonds. The molecule has 0 aromatic rings. The van der Waals surface area contributed by atoms with E-state index in [1.807, 2.05) is 6.26 Å². The average Bonchev–Trinajstić information content (AvgIpc) is 2.92. The molecule has 2 atom stereocenters. The summed E-state index contributed by atoms with van der Waals surface area (Å²) in [5.41, 5.74) is 7.93. The molecule has 17 heavy (non-hydrogen) atoms. The molecule has 3 heteroatoms. The van der Waals surface area contributed by atoms with E-state index in [9.17, 15) is 0 Å². The van der Waals surface area contributed by atoms with Crippen molar-refractivity contribution in [1.29, 1.82) is 0 Å². The molecule has 2 aliphatic heterocycles. The van der Waals surface area contributed by atoms with Crippen molar-refractivity contribution in [2.24, 2.45) is 5.73 Å². The average molecular weight is 238 g/mol.